The minimum atomic E-state index is 0.512. The topological polar surface area (TPSA) is 44.5 Å². The first-order valence-electron chi connectivity index (χ1n) is 7.12. The van der Waals surface area contributed by atoms with Gasteiger partial charge in [-0.25, -0.2) is 0 Å². The zero-order valence-electron chi connectivity index (χ0n) is 11.8. The number of hydrogen-bond acceptors (Lipinski definition) is 3. The first-order chi connectivity index (χ1) is 10.3. The summed E-state index contributed by atoms with van der Waals surface area (Å²) < 4.78 is 12.7. The summed E-state index contributed by atoms with van der Waals surface area (Å²) in [4.78, 5) is 0. The van der Waals surface area contributed by atoms with Gasteiger partial charge in [-0.15, -0.1) is 0 Å². The van der Waals surface area contributed by atoms with Gasteiger partial charge in [0, 0.05) is 16.5 Å². The number of fused-ring (bicyclic) bond motifs is 1. The van der Waals surface area contributed by atoms with Crippen LogP contribution in [0.2, 0.25) is 0 Å². The zero-order chi connectivity index (χ0) is 14.7. The monoisotopic (exact) mass is 347 g/mol. The van der Waals surface area contributed by atoms with Gasteiger partial charge in [0.2, 0.25) is 0 Å². The van der Waals surface area contributed by atoms with Gasteiger partial charge in [-0.1, -0.05) is 28.1 Å². The van der Waals surface area contributed by atoms with E-state index in [4.69, 9.17) is 15.2 Å². The number of halogens is 1. The lowest BCUT2D eigenvalue weighted by molar-refractivity contribution is 0.292. The Bertz CT molecular complexity index is 625. The van der Waals surface area contributed by atoms with E-state index in [2.05, 4.69) is 40.2 Å². The third-order valence-electron chi connectivity index (χ3n) is 3.58. The minimum Gasteiger partial charge on any atom is -0.493 e. The Kier molecular flexibility index (Phi) is 4.46. The molecular weight excluding hydrogens is 330 g/mol. The van der Waals surface area contributed by atoms with Crippen LogP contribution in [0.4, 0.5) is 0 Å². The normalized spacial score (nSPS) is 12.9. The zero-order valence-corrected chi connectivity index (χ0v) is 13.4. The smallest absolute Gasteiger partial charge is 0.129 e. The number of nitrogens with two attached hydrogens (primary N) is 1. The van der Waals surface area contributed by atoms with Crippen LogP contribution >= 0.6 is 15.9 Å². The molecule has 0 aliphatic carbocycles. The lowest BCUT2D eigenvalue weighted by atomic mass is 10.1. The maximum absolute atomic E-state index is 5.87. The highest BCUT2D eigenvalue weighted by Crippen LogP contribution is 2.33. The molecule has 4 heteroatoms. The maximum Gasteiger partial charge on any atom is 0.129 e. The number of hydrogen-bond donors (Lipinski definition) is 1. The molecule has 0 spiro atoms. The third-order valence-corrected chi connectivity index (χ3v) is 4.03. The van der Waals surface area contributed by atoms with Crippen molar-refractivity contribution < 1.29 is 9.47 Å². The third kappa shape index (κ3) is 3.39. The van der Waals surface area contributed by atoms with Crippen LogP contribution in [0.25, 0.3) is 0 Å². The summed E-state index contributed by atoms with van der Waals surface area (Å²) in [5.41, 5.74) is 9.12. The van der Waals surface area contributed by atoms with Gasteiger partial charge < -0.3 is 15.2 Å². The van der Waals surface area contributed by atoms with Crippen LogP contribution in [0.15, 0.2) is 40.9 Å². The fourth-order valence-electron chi connectivity index (χ4n) is 2.53. The Labute approximate surface area is 133 Å². The molecule has 21 heavy (non-hydrogen) atoms. The van der Waals surface area contributed by atoms with E-state index in [1.165, 1.54) is 11.1 Å². The quantitative estimate of drug-likeness (QED) is 0.900. The first kappa shape index (κ1) is 14.4. The largest absolute Gasteiger partial charge is 0.493 e. The van der Waals surface area contributed by atoms with E-state index in [9.17, 15) is 0 Å². The van der Waals surface area contributed by atoms with Gasteiger partial charge in [0.1, 0.15) is 18.1 Å². The second kappa shape index (κ2) is 6.50. The van der Waals surface area contributed by atoms with Crippen molar-refractivity contribution in [1.82, 2.24) is 0 Å². The van der Waals surface area contributed by atoms with Crippen LogP contribution in [0.5, 0.6) is 11.5 Å². The lowest BCUT2D eigenvalue weighted by Gasteiger charge is -2.11. The summed E-state index contributed by atoms with van der Waals surface area (Å²) in [6.07, 6.45) is 1.86. The second-order valence-electron chi connectivity index (χ2n) is 5.12. The van der Waals surface area contributed by atoms with E-state index in [-0.39, 0.29) is 0 Å². The molecule has 0 saturated carbocycles. The van der Waals surface area contributed by atoms with Crippen LogP contribution in [-0.2, 0) is 19.4 Å². The van der Waals surface area contributed by atoms with Gasteiger partial charge in [0.05, 0.1) is 6.61 Å². The summed E-state index contributed by atoms with van der Waals surface area (Å²) >= 11 is 3.55. The van der Waals surface area contributed by atoms with E-state index in [1.807, 2.05) is 12.1 Å². The minimum absolute atomic E-state index is 0.512. The predicted octanol–water partition coefficient (Wildman–Crippen LogP) is 3.46. The molecule has 3 rings (SSSR count). The molecule has 0 aromatic heterocycles. The molecule has 3 nitrogen and oxygen atoms in total. The van der Waals surface area contributed by atoms with Crippen LogP contribution in [0, 0.1) is 0 Å². The van der Waals surface area contributed by atoms with Crippen molar-refractivity contribution in [1.29, 1.82) is 0 Å². The molecule has 0 atom stereocenters. The van der Waals surface area contributed by atoms with E-state index in [0.717, 1.165) is 41.0 Å². The molecular formula is C17H18BrNO2. The molecule has 2 N–H and O–H groups in total. The summed E-state index contributed by atoms with van der Waals surface area (Å²) in [5, 5.41) is 0. The molecule has 0 radical (unpaired) electrons. The van der Waals surface area contributed by atoms with Crippen LogP contribution in [0.1, 0.15) is 16.7 Å². The first-order valence-corrected chi connectivity index (χ1v) is 7.91. The van der Waals surface area contributed by atoms with Gasteiger partial charge in [-0.2, -0.15) is 0 Å². The van der Waals surface area contributed by atoms with Crippen molar-refractivity contribution in [2.24, 2.45) is 5.73 Å². The van der Waals surface area contributed by atoms with E-state index < -0.39 is 0 Å². The molecule has 1 aliphatic rings. The average molecular weight is 348 g/mol. The summed E-state index contributed by atoms with van der Waals surface area (Å²) in [7, 11) is 0. The van der Waals surface area contributed by atoms with Crippen LogP contribution in [-0.4, -0.2) is 13.2 Å². The van der Waals surface area contributed by atoms with Crippen LogP contribution < -0.4 is 15.2 Å². The molecule has 0 bridgehead atoms. The Morgan fingerprint density at radius 2 is 2.00 bits per heavy atom. The highest BCUT2D eigenvalue weighted by Gasteiger charge is 2.17. The molecule has 0 saturated heterocycles. The number of ether oxygens (including phenoxy) is 2. The molecule has 1 heterocycles. The Morgan fingerprint density at radius 3 is 2.76 bits per heavy atom. The van der Waals surface area contributed by atoms with Gasteiger partial charge in [-0.3, -0.25) is 0 Å². The Balaban J connectivity index is 1.70. The van der Waals surface area contributed by atoms with Crippen molar-refractivity contribution in [3.05, 3.63) is 57.6 Å². The van der Waals surface area contributed by atoms with Crippen molar-refractivity contribution in [3.63, 3.8) is 0 Å². The van der Waals surface area contributed by atoms with Crippen molar-refractivity contribution in [3.8, 4) is 11.5 Å². The molecule has 110 valence electrons. The summed E-state index contributed by atoms with van der Waals surface area (Å²) in [6.45, 7) is 1.94. The standard InChI is InChI=1S/C17H18BrNO2/c18-15-9-13-6-8-20-17(13)14(10-15)11-21-16-3-1-12(2-4-16)5-7-19/h1-4,9-10H,5-8,11,19H2. The highest BCUT2D eigenvalue weighted by molar-refractivity contribution is 9.10. The van der Waals surface area contributed by atoms with Gasteiger partial charge >= 0.3 is 0 Å². The van der Waals surface area contributed by atoms with E-state index in [1.54, 1.807) is 0 Å². The van der Waals surface area contributed by atoms with E-state index in [0.29, 0.717) is 13.2 Å². The van der Waals surface area contributed by atoms with E-state index >= 15 is 0 Å². The Hall–Kier alpha value is -1.52. The van der Waals surface area contributed by atoms with Crippen molar-refractivity contribution in [2.45, 2.75) is 19.4 Å². The second-order valence-corrected chi connectivity index (χ2v) is 6.04. The van der Waals surface area contributed by atoms with Gasteiger partial charge in [0.15, 0.2) is 0 Å². The average Bonchev–Trinajstić information content (AvgIpc) is 2.94. The fourth-order valence-corrected chi connectivity index (χ4v) is 3.09. The molecule has 2 aromatic carbocycles. The van der Waals surface area contributed by atoms with Crippen molar-refractivity contribution in [2.75, 3.05) is 13.2 Å². The molecule has 0 amide bonds. The van der Waals surface area contributed by atoms with Gasteiger partial charge in [0.25, 0.3) is 0 Å². The fraction of sp³-hybridized carbons (Fsp3) is 0.294. The van der Waals surface area contributed by atoms with Crippen molar-refractivity contribution >= 4 is 15.9 Å². The lowest BCUT2D eigenvalue weighted by Crippen LogP contribution is -2.02. The summed E-state index contributed by atoms with van der Waals surface area (Å²) in [6, 6.07) is 12.3. The van der Waals surface area contributed by atoms with Gasteiger partial charge in [-0.05, 0) is 48.4 Å². The van der Waals surface area contributed by atoms with Crippen LogP contribution in [0.3, 0.4) is 0 Å². The molecule has 0 unspecified atom stereocenters. The predicted molar refractivity (Wildman–Crippen MR) is 86.9 cm³/mol. The number of rotatable bonds is 5. The SMILES string of the molecule is NCCc1ccc(OCc2cc(Br)cc3c2OCC3)cc1. The molecule has 0 fully saturated rings. The summed E-state index contributed by atoms with van der Waals surface area (Å²) in [5.74, 6) is 1.85. The molecule has 1 aliphatic heterocycles. The molecule has 2 aromatic rings. The Morgan fingerprint density at radius 1 is 1.19 bits per heavy atom. The number of benzene rings is 2. The highest BCUT2D eigenvalue weighted by atomic mass is 79.9. The maximum atomic E-state index is 5.87.